The van der Waals surface area contributed by atoms with E-state index >= 15 is 0 Å². The molecule has 1 amide bonds. The summed E-state index contributed by atoms with van der Waals surface area (Å²) >= 11 is 9.22. The minimum absolute atomic E-state index is 0.0393. The van der Waals surface area contributed by atoms with Gasteiger partial charge in [0.25, 0.3) is 0 Å². The van der Waals surface area contributed by atoms with Crippen LogP contribution in [0.25, 0.3) is 0 Å². The van der Waals surface area contributed by atoms with E-state index in [1.807, 2.05) is 12.1 Å². The fraction of sp³-hybridized carbons (Fsp3) is 0.400. The molecule has 0 bridgehead atoms. The fourth-order valence-electron chi connectivity index (χ4n) is 2.48. The Bertz CT molecular complexity index is 660. The van der Waals surface area contributed by atoms with Crippen LogP contribution >= 0.6 is 34.7 Å². The van der Waals surface area contributed by atoms with E-state index in [0.717, 1.165) is 40.9 Å². The van der Waals surface area contributed by atoms with Crippen LogP contribution < -0.4 is 10.6 Å². The molecule has 1 aromatic heterocycles. The molecule has 1 aliphatic rings. The molecule has 1 fully saturated rings. The van der Waals surface area contributed by atoms with Crippen LogP contribution in [0.4, 0.5) is 5.69 Å². The lowest BCUT2D eigenvalue weighted by molar-refractivity contribution is -0.116. The third kappa shape index (κ3) is 4.91. The van der Waals surface area contributed by atoms with E-state index < -0.39 is 0 Å². The first-order valence-corrected chi connectivity index (χ1v) is 9.52. The molecular formula is C15H17ClN4OS2. The van der Waals surface area contributed by atoms with Crippen LogP contribution in [-0.2, 0) is 4.79 Å². The zero-order valence-corrected chi connectivity index (χ0v) is 14.8. The summed E-state index contributed by atoms with van der Waals surface area (Å²) < 4.78 is 0.842. The van der Waals surface area contributed by atoms with Crippen molar-refractivity contribution < 1.29 is 4.79 Å². The minimum Gasteiger partial charge on any atom is -0.326 e. The Labute approximate surface area is 148 Å². The van der Waals surface area contributed by atoms with E-state index in [-0.39, 0.29) is 5.91 Å². The topological polar surface area (TPSA) is 66.9 Å². The molecule has 3 rings (SSSR count). The van der Waals surface area contributed by atoms with Crippen LogP contribution in [-0.4, -0.2) is 29.2 Å². The number of hydrogen-bond acceptors (Lipinski definition) is 6. The van der Waals surface area contributed by atoms with Gasteiger partial charge in [0.1, 0.15) is 5.51 Å². The van der Waals surface area contributed by atoms with Crippen molar-refractivity contribution in [2.45, 2.75) is 28.5 Å². The van der Waals surface area contributed by atoms with Gasteiger partial charge in [-0.25, -0.2) is 0 Å². The second-order valence-electron chi connectivity index (χ2n) is 5.40. The molecule has 122 valence electrons. The Kier molecular flexibility index (Phi) is 5.88. The van der Waals surface area contributed by atoms with Crippen molar-refractivity contribution in [2.75, 3.05) is 18.4 Å². The number of nitrogens with one attached hydrogen (secondary N) is 2. The maximum atomic E-state index is 12.0. The number of nitrogens with zero attached hydrogens (tertiary/aromatic N) is 2. The van der Waals surface area contributed by atoms with Crippen molar-refractivity contribution in [1.82, 2.24) is 15.5 Å². The molecule has 23 heavy (non-hydrogen) atoms. The van der Waals surface area contributed by atoms with Gasteiger partial charge < -0.3 is 10.6 Å². The summed E-state index contributed by atoms with van der Waals surface area (Å²) in [6.07, 6.45) is 2.64. The van der Waals surface area contributed by atoms with E-state index in [2.05, 4.69) is 20.8 Å². The van der Waals surface area contributed by atoms with Gasteiger partial charge in [0, 0.05) is 17.0 Å². The Morgan fingerprint density at radius 2 is 2.43 bits per heavy atom. The highest BCUT2D eigenvalue weighted by Gasteiger charge is 2.16. The lowest BCUT2D eigenvalue weighted by Gasteiger charge is -2.10. The molecule has 1 atom stereocenters. The molecule has 0 radical (unpaired) electrons. The number of rotatable bonds is 6. The molecule has 2 heterocycles. The molecule has 5 nitrogen and oxygen atoms in total. The van der Waals surface area contributed by atoms with Crippen molar-refractivity contribution in [3.63, 3.8) is 0 Å². The first-order chi connectivity index (χ1) is 11.2. The summed E-state index contributed by atoms with van der Waals surface area (Å²) in [6.45, 7) is 2.09. The Balaban J connectivity index is 1.53. The molecular weight excluding hydrogens is 352 g/mol. The van der Waals surface area contributed by atoms with E-state index in [1.54, 1.807) is 11.6 Å². The van der Waals surface area contributed by atoms with Crippen molar-refractivity contribution >= 4 is 46.3 Å². The second-order valence-corrected chi connectivity index (χ2v) is 7.93. The van der Waals surface area contributed by atoms with Gasteiger partial charge in [-0.3, -0.25) is 4.79 Å². The number of benzene rings is 1. The predicted octanol–water partition coefficient (Wildman–Crippen LogP) is 3.67. The number of hydrogen-bond donors (Lipinski definition) is 2. The van der Waals surface area contributed by atoms with Crippen LogP contribution in [0, 0.1) is 5.92 Å². The maximum Gasteiger partial charge on any atom is 0.224 e. The summed E-state index contributed by atoms with van der Waals surface area (Å²) in [7, 11) is 0. The molecule has 0 aliphatic carbocycles. The molecule has 1 aromatic carbocycles. The number of carbonyl (C=O) groups is 1. The molecule has 0 spiro atoms. The number of halogens is 1. The standard InChI is InChI=1S/C15H17ClN4OS2/c16-12-7-11(2-3-13(12)23-15-20-18-9-22-15)19-14(21)4-1-10-5-6-17-8-10/h2-3,7,9-10,17H,1,4-6,8H2,(H,19,21). The molecule has 1 unspecified atom stereocenters. The van der Waals surface area contributed by atoms with Gasteiger partial charge in [-0.15, -0.1) is 10.2 Å². The summed E-state index contributed by atoms with van der Waals surface area (Å²) in [6, 6.07) is 5.54. The Morgan fingerprint density at radius 1 is 1.52 bits per heavy atom. The van der Waals surface area contributed by atoms with Gasteiger partial charge in [0.05, 0.1) is 5.02 Å². The van der Waals surface area contributed by atoms with Crippen LogP contribution in [0.2, 0.25) is 5.02 Å². The Hall–Kier alpha value is -1.15. The monoisotopic (exact) mass is 368 g/mol. The van der Waals surface area contributed by atoms with Gasteiger partial charge in [0.2, 0.25) is 5.91 Å². The largest absolute Gasteiger partial charge is 0.326 e. The predicted molar refractivity (Wildman–Crippen MR) is 94.3 cm³/mol. The molecule has 0 saturated carbocycles. The van der Waals surface area contributed by atoms with Crippen LogP contribution in [0.3, 0.4) is 0 Å². The van der Waals surface area contributed by atoms with E-state index in [1.165, 1.54) is 23.1 Å². The molecule has 1 aliphatic heterocycles. The first-order valence-electron chi connectivity index (χ1n) is 7.45. The van der Waals surface area contributed by atoms with E-state index in [4.69, 9.17) is 11.6 Å². The highest BCUT2D eigenvalue weighted by Crippen LogP contribution is 2.35. The fourth-order valence-corrected chi connectivity index (χ4v) is 4.22. The van der Waals surface area contributed by atoms with Gasteiger partial charge in [-0.2, -0.15) is 0 Å². The summed E-state index contributed by atoms with van der Waals surface area (Å²) in [5.41, 5.74) is 2.41. The number of carbonyl (C=O) groups excluding carboxylic acids is 1. The van der Waals surface area contributed by atoms with Crippen molar-refractivity contribution in [3.8, 4) is 0 Å². The molecule has 2 N–H and O–H groups in total. The average Bonchev–Trinajstić information content (AvgIpc) is 3.21. The van der Waals surface area contributed by atoms with Crippen molar-refractivity contribution in [1.29, 1.82) is 0 Å². The lowest BCUT2D eigenvalue weighted by Crippen LogP contribution is -2.15. The second kappa shape index (κ2) is 8.10. The van der Waals surface area contributed by atoms with Gasteiger partial charge >= 0.3 is 0 Å². The quantitative estimate of drug-likeness (QED) is 0.814. The van der Waals surface area contributed by atoms with Crippen LogP contribution in [0.5, 0.6) is 0 Å². The molecule has 1 saturated heterocycles. The zero-order valence-electron chi connectivity index (χ0n) is 12.4. The zero-order chi connectivity index (χ0) is 16.1. The van der Waals surface area contributed by atoms with Crippen LogP contribution in [0.15, 0.2) is 32.9 Å². The highest BCUT2D eigenvalue weighted by molar-refractivity contribution is 8.01. The smallest absolute Gasteiger partial charge is 0.224 e. The first kappa shape index (κ1) is 16.7. The highest BCUT2D eigenvalue weighted by atomic mass is 35.5. The minimum atomic E-state index is 0.0393. The van der Waals surface area contributed by atoms with E-state index in [9.17, 15) is 4.79 Å². The summed E-state index contributed by atoms with van der Waals surface area (Å²) in [5, 5.41) is 14.6. The van der Waals surface area contributed by atoms with Gasteiger partial charge in [-0.05, 0) is 50.0 Å². The molecule has 8 heteroatoms. The summed E-state index contributed by atoms with van der Waals surface area (Å²) in [4.78, 5) is 12.9. The van der Waals surface area contributed by atoms with Crippen molar-refractivity contribution in [3.05, 3.63) is 28.7 Å². The summed E-state index contributed by atoms with van der Waals surface area (Å²) in [5.74, 6) is 0.660. The third-order valence-electron chi connectivity index (χ3n) is 3.69. The molecule has 2 aromatic rings. The maximum absolute atomic E-state index is 12.0. The Morgan fingerprint density at radius 3 is 3.13 bits per heavy atom. The van der Waals surface area contributed by atoms with Crippen LogP contribution in [0.1, 0.15) is 19.3 Å². The number of aromatic nitrogens is 2. The average molecular weight is 369 g/mol. The van der Waals surface area contributed by atoms with Gasteiger partial charge in [-0.1, -0.05) is 34.7 Å². The third-order valence-corrected chi connectivity index (χ3v) is 5.97. The van der Waals surface area contributed by atoms with Crippen molar-refractivity contribution in [2.24, 2.45) is 5.92 Å². The number of anilines is 1. The normalized spacial score (nSPS) is 17.3. The lowest BCUT2D eigenvalue weighted by atomic mass is 10.0. The SMILES string of the molecule is O=C(CCC1CCNC1)Nc1ccc(Sc2nncs2)c(Cl)c1. The van der Waals surface area contributed by atoms with E-state index in [0.29, 0.717) is 17.4 Å². The number of amides is 1. The van der Waals surface area contributed by atoms with Gasteiger partial charge in [0.15, 0.2) is 4.34 Å².